The summed E-state index contributed by atoms with van der Waals surface area (Å²) in [5, 5.41) is 0.890. The van der Waals surface area contributed by atoms with Crippen molar-refractivity contribution in [2.24, 2.45) is 5.92 Å². The quantitative estimate of drug-likeness (QED) is 0.940. The zero-order valence-corrected chi connectivity index (χ0v) is 12.6. The fourth-order valence-electron chi connectivity index (χ4n) is 2.42. The van der Waals surface area contributed by atoms with Gasteiger partial charge in [-0.25, -0.2) is 4.98 Å². The van der Waals surface area contributed by atoms with E-state index in [9.17, 15) is 4.79 Å². The Labute approximate surface area is 122 Å². The van der Waals surface area contributed by atoms with Crippen molar-refractivity contribution in [1.82, 2.24) is 9.88 Å². The molecule has 3 rings (SSSR count). The van der Waals surface area contributed by atoms with E-state index in [1.165, 1.54) is 11.3 Å². The van der Waals surface area contributed by atoms with E-state index in [1.54, 1.807) is 6.20 Å². The van der Waals surface area contributed by atoms with Crippen molar-refractivity contribution >= 4 is 33.1 Å². The molecule has 5 heteroatoms. The molecule has 1 saturated carbocycles. The molecule has 0 unspecified atom stereocenters. The number of fused-ring (bicyclic) bond motifs is 1. The standard InChI is InChI=1S/C15H19N3OS/c1-9(2)8-18(10-5-6-10)15(19)13-12(16)11-4-3-7-17-14(11)20-13/h3-4,7,9-10H,5-6,8,16H2,1-2H3. The number of hydrogen-bond acceptors (Lipinski definition) is 4. The van der Waals surface area contributed by atoms with Crippen molar-refractivity contribution in [2.45, 2.75) is 32.7 Å². The fourth-order valence-corrected chi connectivity index (χ4v) is 3.44. The summed E-state index contributed by atoms with van der Waals surface area (Å²) >= 11 is 1.41. The third kappa shape index (κ3) is 2.38. The van der Waals surface area contributed by atoms with Crippen LogP contribution in [-0.2, 0) is 0 Å². The monoisotopic (exact) mass is 289 g/mol. The van der Waals surface area contributed by atoms with Gasteiger partial charge in [-0.05, 0) is 30.9 Å². The molecule has 2 N–H and O–H groups in total. The van der Waals surface area contributed by atoms with Gasteiger partial charge in [0, 0.05) is 24.2 Å². The molecule has 1 aliphatic rings. The summed E-state index contributed by atoms with van der Waals surface area (Å²) in [6.45, 7) is 5.07. The van der Waals surface area contributed by atoms with Crippen molar-refractivity contribution in [3.05, 3.63) is 23.2 Å². The average molecular weight is 289 g/mol. The minimum Gasteiger partial charge on any atom is -0.397 e. The molecule has 106 valence electrons. The molecule has 1 fully saturated rings. The SMILES string of the molecule is CC(C)CN(C(=O)c1sc2ncccc2c1N)C1CC1. The lowest BCUT2D eigenvalue weighted by Gasteiger charge is -2.24. The van der Waals surface area contributed by atoms with Gasteiger partial charge in [-0.3, -0.25) is 4.79 Å². The summed E-state index contributed by atoms with van der Waals surface area (Å²) in [6.07, 6.45) is 3.96. The van der Waals surface area contributed by atoms with Crippen LogP contribution in [0.3, 0.4) is 0 Å². The van der Waals surface area contributed by atoms with Gasteiger partial charge >= 0.3 is 0 Å². The second-order valence-corrected chi connectivity index (χ2v) is 6.78. The van der Waals surface area contributed by atoms with E-state index in [0.717, 1.165) is 29.6 Å². The van der Waals surface area contributed by atoms with Gasteiger partial charge in [-0.2, -0.15) is 0 Å². The van der Waals surface area contributed by atoms with Gasteiger partial charge in [0.2, 0.25) is 0 Å². The van der Waals surface area contributed by atoms with Crippen LogP contribution in [0.1, 0.15) is 36.4 Å². The number of hydrogen-bond donors (Lipinski definition) is 1. The van der Waals surface area contributed by atoms with Gasteiger partial charge < -0.3 is 10.6 Å². The minimum absolute atomic E-state index is 0.0710. The molecule has 0 bridgehead atoms. The molecule has 2 aromatic heterocycles. The van der Waals surface area contributed by atoms with Crippen LogP contribution in [0.2, 0.25) is 0 Å². The van der Waals surface area contributed by atoms with Gasteiger partial charge in [0.05, 0.1) is 5.69 Å². The van der Waals surface area contributed by atoms with E-state index in [1.807, 2.05) is 17.0 Å². The fraction of sp³-hybridized carbons (Fsp3) is 0.467. The predicted octanol–water partition coefficient (Wildman–Crippen LogP) is 3.14. The lowest BCUT2D eigenvalue weighted by atomic mass is 10.2. The Hall–Kier alpha value is -1.62. The Kier molecular flexibility index (Phi) is 3.38. The predicted molar refractivity (Wildman–Crippen MR) is 82.9 cm³/mol. The van der Waals surface area contributed by atoms with Gasteiger partial charge in [0.25, 0.3) is 5.91 Å². The first-order chi connectivity index (χ1) is 9.58. The number of amides is 1. The molecule has 0 spiro atoms. The molecule has 0 radical (unpaired) electrons. The van der Waals surface area contributed by atoms with Crippen LogP contribution < -0.4 is 5.73 Å². The Balaban J connectivity index is 1.96. The average Bonchev–Trinajstić information content (AvgIpc) is 3.20. The molecular formula is C15H19N3OS. The molecular weight excluding hydrogens is 270 g/mol. The van der Waals surface area contributed by atoms with Crippen LogP contribution >= 0.6 is 11.3 Å². The molecule has 4 nitrogen and oxygen atoms in total. The van der Waals surface area contributed by atoms with E-state index in [4.69, 9.17) is 5.73 Å². The third-order valence-electron chi connectivity index (χ3n) is 3.51. The van der Waals surface area contributed by atoms with Crippen molar-refractivity contribution < 1.29 is 4.79 Å². The van der Waals surface area contributed by atoms with E-state index >= 15 is 0 Å². The molecule has 20 heavy (non-hydrogen) atoms. The van der Waals surface area contributed by atoms with Crippen LogP contribution in [-0.4, -0.2) is 28.4 Å². The van der Waals surface area contributed by atoms with Crippen LogP contribution in [0.4, 0.5) is 5.69 Å². The molecule has 0 aliphatic heterocycles. The molecule has 1 amide bonds. The maximum atomic E-state index is 12.8. The first kappa shape index (κ1) is 13.4. The minimum atomic E-state index is 0.0710. The summed E-state index contributed by atoms with van der Waals surface area (Å²) < 4.78 is 0. The summed E-state index contributed by atoms with van der Waals surface area (Å²) in [6, 6.07) is 4.18. The molecule has 1 aliphatic carbocycles. The van der Waals surface area contributed by atoms with E-state index in [-0.39, 0.29) is 5.91 Å². The van der Waals surface area contributed by atoms with E-state index < -0.39 is 0 Å². The van der Waals surface area contributed by atoms with Crippen molar-refractivity contribution in [3.63, 3.8) is 0 Å². The number of aromatic nitrogens is 1. The zero-order valence-electron chi connectivity index (χ0n) is 11.8. The van der Waals surface area contributed by atoms with Gasteiger partial charge in [0.1, 0.15) is 9.71 Å². The summed E-state index contributed by atoms with van der Waals surface area (Å²) in [7, 11) is 0. The topological polar surface area (TPSA) is 59.2 Å². The Morgan fingerprint density at radius 1 is 1.55 bits per heavy atom. The number of nitrogens with zero attached hydrogens (tertiary/aromatic N) is 2. The Bertz CT molecular complexity index is 646. The van der Waals surface area contributed by atoms with Gasteiger partial charge in [-0.1, -0.05) is 13.8 Å². The van der Waals surface area contributed by atoms with Crippen LogP contribution in [0.15, 0.2) is 18.3 Å². The zero-order chi connectivity index (χ0) is 14.3. The van der Waals surface area contributed by atoms with Crippen LogP contribution in [0.5, 0.6) is 0 Å². The largest absolute Gasteiger partial charge is 0.397 e. The number of nitrogens with two attached hydrogens (primary N) is 1. The van der Waals surface area contributed by atoms with Gasteiger partial charge in [0.15, 0.2) is 0 Å². The molecule has 0 saturated heterocycles. The number of thiophene rings is 1. The first-order valence-corrected chi connectivity index (χ1v) is 7.83. The lowest BCUT2D eigenvalue weighted by Crippen LogP contribution is -2.36. The Morgan fingerprint density at radius 3 is 2.90 bits per heavy atom. The first-order valence-electron chi connectivity index (χ1n) is 7.02. The number of pyridine rings is 1. The van der Waals surface area contributed by atoms with Crippen molar-refractivity contribution in [1.29, 1.82) is 0 Å². The number of anilines is 1. The van der Waals surface area contributed by atoms with E-state index in [2.05, 4.69) is 18.8 Å². The summed E-state index contributed by atoms with van der Waals surface area (Å²) in [5.74, 6) is 0.537. The smallest absolute Gasteiger partial charge is 0.266 e. The number of rotatable bonds is 4. The van der Waals surface area contributed by atoms with E-state index in [0.29, 0.717) is 22.5 Å². The number of carbonyl (C=O) groups excluding carboxylic acids is 1. The summed E-state index contributed by atoms with van der Waals surface area (Å²) in [4.78, 5) is 20.6. The Morgan fingerprint density at radius 2 is 2.30 bits per heavy atom. The highest BCUT2D eigenvalue weighted by molar-refractivity contribution is 7.21. The normalized spacial score (nSPS) is 14.9. The maximum Gasteiger partial charge on any atom is 0.266 e. The highest BCUT2D eigenvalue weighted by atomic mass is 32.1. The second-order valence-electron chi connectivity index (χ2n) is 5.78. The number of nitrogen functional groups attached to an aromatic ring is 1. The summed E-state index contributed by atoms with van der Waals surface area (Å²) in [5.41, 5.74) is 6.73. The highest BCUT2D eigenvalue weighted by Crippen LogP contribution is 2.36. The van der Waals surface area contributed by atoms with Crippen molar-refractivity contribution in [3.8, 4) is 0 Å². The van der Waals surface area contributed by atoms with Crippen LogP contribution in [0.25, 0.3) is 10.2 Å². The third-order valence-corrected chi connectivity index (χ3v) is 4.63. The van der Waals surface area contributed by atoms with Gasteiger partial charge in [-0.15, -0.1) is 11.3 Å². The maximum absolute atomic E-state index is 12.8. The second kappa shape index (κ2) is 5.05. The highest BCUT2D eigenvalue weighted by Gasteiger charge is 2.34. The molecule has 0 aromatic carbocycles. The molecule has 0 atom stereocenters. The van der Waals surface area contributed by atoms with Crippen molar-refractivity contribution in [2.75, 3.05) is 12.3 Å². The van der Waals surface area contributed by atoms with Crippen LogP contribution in [0, 0.1) is 5.92 Å². The number of carbonyl (C=O) groups is 1. The molecule has 2 heterocycles. The lowest BCUT2D eigenvalue weighted by molar-refractivity contribution is 0.0728. The molecule has 2 aromatic rings.